The lowest BCUT2D eigenvalue weighted by Gasteiger charge is -2.34. The highest BCUT2D eigenvalue weighted by molar-refractivity contribution is 7.99. The van der Waals surface area contributed by atoms with E-state index in [0.717, 1.165) is 34.0 Å². The minimum atomic E-state index is -0.240. The zero-order valence-electron chi connectivity index (χ0n) is 15.9. The van der Waals surface area contributed by atoms with Crippen LogP contribution in [0.25, 0.3) is 10.2 Å². The molecule has 4 rings (SSSR count). The van der Waals surface area contributed by atoms with Crippen LogP contribution in [0.2, 0.25) is 0 Å². The fraction of sp³-hybridized carbons (Fsp3) is 0.333. The minimum Gasteiger partial charge on any atom is -0.345 e. The minimum absolute atomic E-state index is 0.0760. The van der Waals surface area contributed by atoms with Gasteiger partial charge in [-0.15, -0.1) is 11.8 Å². The van der Waals surface area contributed by atoms with Gasteiger partial charge in [-0.05, 0) is 42.5 Å². The molecule has 0 unspecified atom stereocenters. The van der Waals surface area contributed by atoms with Gasteiger partial charge in [-0.2, -0.15) is 0 Å². The van der Waals surface area contributed by atoms with Crippen LogP contribution >= 0.6 is 23.1 Å². The van der Waals surface area contributed by atoms with Gasteiger partial charge in [-0.3, -0.25) is 4.79 Å². The van der Waals surface area contributed by atoms with Crippen LogP contribution in [-0.2, 0) is 0 Å². The lowest BCUT2D eigenvalue weighted by molar-refractivity contribution is 0.0746. The lowest BCUT2D eigenvalue weighted by atomic mass is 10.2. The standard InChI is InChI=1S/C21H22FN3OS2/c1-14(2)27-17-6-3-15(4-7-17)20(26)24-9-11-25(12-10-24)21-23-18-8-5-16(22)13-19(18)28-21/h3-8,13-14H,9-12H2,1-2H3. The van der Waals surface area contributed by atoms with E-state index in [1.807, 2.05) is 29.2 Å². The van der Waals surface area contributed by atoms with Crippen LogP contribution in [-0.4, -0.2) is 47.2 Å². The number of carbonyl (C=O) groups is 1. The van der Waals surface area contributed by atoms with Gasteiger partial charge in [0, 0.05) is 41.9 Å². The third-order valence-electron chi connectivity index (χ3n) is 4.65. The Balaban J connectivity index is 1.39. The summed E-state index contributed by atoms with van der Waals surface area (Å²) in [5, 5.41) is 1.41. The largest absolute Gasteiger partial charge is 0.345 e. The second kappa shape index (κ2) is 8.09. The number of thioether (sulfide) groups is 1. The molecule has 0 aliphatic carbocycles. The zero-order chi connectivity index (χ0) is 19.7. The van der Waals surface area contributed by atoms with Crippen LogP contribution in [0, 0.1) is 5.82 Å². The van der Waals surface area contributed by atoms with E-state index in [-0.39, 0.29) is 11.7 Å². The van der Waals surface area contributed by atoms with Crippen LogP contribution in [0.15, 0.2) is 47.4 Å². The van der Waals surface area contributed by atoms with Crippen molar-refractivity contribution < 1.29 is 9.18 Å². The first-order valence-corrected chi connectivity index (χ1v) is 11.1. The van der Waals surface area contributed by atoms with Crippen LogP contribution in [0.1, 0.15) is 24.2 Å². The number of amides is 1. The molecule has 28 heavy (non-hydrogen) atoms. The number of benzene rings is 2. The molecule has 1 aliphatic heterocycles. The fourth-order valence-electron chi connectivity index (χ4n) is 3.25. The maximum absolute atomic E-state index is 13.4. The summed E-state index contributed by atoms with van der Waals surface area (Å²) in [5.41, 5.74) is 1.55. The van der Waals surface area contributed by atoms with Gasteiger partial charge in [0.25, 0.3) is 5.91 Å². The summed E-state index contributed by atoms with van der Waals surface area (Å²) in [6, 6.07) is 12.6. The van der Waals surface area contributed by atoms with Gasteiger partial charge in [0.2, 0.25) is 0 Å². The van der Waals surface area contributed by atoms with E-state index in [0.29, 0.717) is 18.3 Å². The highest BCUT2D eigenvalue weighted by Gasteiger charge is 2.24. The van der Waals surface area contributed by atoms with Gasteiger partial charge in [0.05, 0.1) is 10.2 Å². The molecular weight excluding hydrogens is 393 g/mol. The lowest BCUT2D eigenvalue weighted by Crippen LogP contribution is -2.48. The summed E-state index contributed by atoms with van der Waals surface area (Å²) in [7, 11) is 0. The Morgan fingerprint density at radius 1 is 1.11 bits per heavy atom. The van der Waals surface area contributed by atoms with Crippen molar-refractivity contribution in [3.63, 3.8) is 0 Å². The number of fused-ring (bicyclic) bond motifs is 1. The van der Waals surface area contributed by atoms with Crippen LogP contribution < -0.4 is 4.90 Å². The predicted octanol–water partition coefficient (Wildman–Crippen LogP) is 4.90. The Labute approximate surface area is 172 Å². The molecule has 1 aromatic heterocycles. The fourth-order valence-corrected chi connectivity index (χ4v) is 5.13. The average molecular weight is 416 g/mol. The second-order valence-electron chi connectivity index (χ2n) is 7.08. The van der Waals surface area contributed by atoms with E-state index in [1.165, 1.54) is 28.4 Å². The number of halogens is 1. The van der Waals surface area contributed by atoms with Crippen molar-refractivity contribution in [2.75, 3.05) is 31.1 Å². The smallest absolute Gasteiger partial charge is 0.253 e. The first kappa shape index (κ1) is 19.2. The maximum atomic E-state index is 13.4. The number of hydrogen-bond acceptors (Lipinski definition) is 5. The SMILES string of the molecule is CC(C)Sc1ccc(C(=O)N2CCN(c3nc4ccc(F)cc4s3)CC2)cc1. The highest BCUT2D eigenvalue weighted by Crippen LogP contribution is 2.30. The number of rotatable bonds is 4. The highest BCUT2D eigenvalue weighted by atomic mass is 32.2. The summed E-state index contributed by atoms with van der Waals surface area (Å²) in [6.45, 7) is 7.10. The van der Waals surface area contributed by atoms with Crippen LogP contribution in [0.4, 0.5) is 9.52 Å². The third kappa shape index (κ3) is 4.15. The van der Waals surface area contributed by atoms with Gasteiger partial charge in [0.1, 0.15) is 5.82 Å². The van der Waals surface area contributed by atoms with Gasteiger partial charge >= 0.3 is 0 Å². The Morgan fingerprint density at radius 2 is 1.82 bits per heavy atom. The van der Waals surface area contributed by atoms with E-state index < -0.39 is 0 Å². The summed E-state index contributed by atoms with van der Waals surface area (Å²) in [5.74, 6) is -0.164. The molecule has 1 aliphatic rings. The molecule has 0 spiro atoms. The first-order chi connectivity index (χ1) is 13.5. The van der Waals surface area contributed by atoms with Gasteiger partial charge in [0.15, 0.2) is 5.13 Å². The molecule has 3 aromatic rings. The van der Waals surface area contributed by atoms with Crippen LogP contribution in [0.5, 0.6) is 0 Å². The van der Waals surface area contributed by atoms with Crippen LogP contribution in [0.3, 0.4) is 0 Å². The Hall–Kier alpha value is -2.12. The number of aromatic nitrogens is 1. The van der Waals surface area contributed by atoms with Crippen molar-refractivity contribution in [1.29, 1.82) is 0 Å². The number of thiazole rings is 1. The number of hydrogen-bond donors (Lipinski definition) is 0. The van der Waals surface area contributed by atoms with Crippen molar-refractivity contribution >= 4 is 44.4 Å². The van der Waals surface area contributed by atoms with E-state index >= 15 is 0 Å². The van der Waals surface area contributed by atoms with Gasteiger partial charge < -0.3 is 9.80 Å². The summed E-state index contributed by atoms with van der Waals surface area (Å²) >= 11 is 3.29. The normalized spacial score (nSPS) is 14.9. The van der Waals surface area contributed by atoms with E-state index in [2.05, 4.69) is 23.7 Å². The average Bonchev–Trinajstić information content (AvgIpc) is 3.11. The summed E-state index contributed by atoms with van der Waals surface area (Å²) in [6.07, 6.45) is 0. The molecular formula is C21H22FN3OS2. The second-order valence-corrected chi connectivity index (χ2v) is 9.74. The number of piperazine rings is 1. The Bertz CT molecular complexity index is 979. The molecule has 7 heteroatoms. The molecule has 146 valence electrons. The first-order valence-electron chi connectivity index (χ1n) is 9.36. The molecule has 0 radical (unpaired) electrons. The third-order valence-corrected chi connectivity index (χ3v) is 6.74. The van der Waals surface area contributed by atoms with Crippen molar-refractivity contribution in [2.24, 2.45) is 0 Å². The van der Waals surface area contributed by atoms with E-state index in [9.17, 15) is 9.18 Å². The zero-order valence-corrected chi connectivity index (χ0v) is 17.5. The Kier molecular flexibility index (Phi) is 5.55. The topological polar surface area (TPSA) is 36.4 Å². The quantitative estimate of drug-likeness (QED) is 0.568. The molecule has 0 N–H and O–H groups in total. The molecule has 0 atom stereocenters. The number of nitrogens with zero attached hydrogens (tertiary/aromatic N) is 3. The summed E-state index contributed by atoms with van der Waals surface area (Å²) in [4.78, 5) is 22.7. The molecule has 1 amide bonds. The predicted molar refractivity (Wildman–Crippen MR) is 115 cm³/mol. The number of anilines is 1. The van der Waals surface area contributed by atoms with Gasteiger partial charge in [-0.1, -0.05) is 25.2 Å². The van der Waals surface area contributed by atoms with Crippen molar-refractivity contribution in [3.05, 3.63) is 53.8 Å². The van der Waals surface area contributed by atoms with Crippen molar-refractivity contribution in [1.82, 2.24) is 9.88 Å². The molecule has 2 aromatic carbocycles. The maximum Gasteiger partial charge on any atom is 0.253 e. The molecule has 2 heterocycles. The molecule has 0 bridgehead atoms. The molecule has 4 nitrogen and oxygen atoms in total. The molecule has 1 saturated heterocycles. The molecule has 0 saturated carbocycles. The van der Waals surface area contributed by atoms with E-state index in [1.54, 1.807) is 17.8 Å². The van der Waals surface area contributed by atoms with Gasteiger partial charge in [-0.25, -0.2) is 9.37 Å². The number of carbonyl (C=O) groups excluding carboxylic acids is 1. The summed E-state index contributed by atoms with van der Waals surface area (Å²) < 4.78 is 14.3. The van der Waals surface area contributed by atoms with E-state index in [4.69, 9.17) is 0 Å². The van der Waals surface area contributed by atoms with Crippen molar-refractivity contribution in [3.8, 4) is 0 Å². The Morgan fingerprint density at radius 3 is 2.50 bits per heavy atom. The monoisotopic (exact) mass is 415 g/mol. The molecule has 1 fully saturated rings. The van der Waals surface area contributed by atoms with Crippen molar-refractivity contribution in [2.45, 2.75) is 24.0 Å².